The number of hydrogen-bond acceptors (Lipinski definition) is 4. The first kappa shape index (κ1) is 11.9. The molecule has 0 bridgehead atoms. The van der Waals surface area contributed by atoms with Crippen LogP contribution in [0.25, 0.3) is 10.8 Å². The van der Waals surface area contributed by atoms with Crippen LogP contribution in [0.5, 0.6) is 0 Å². The molecular formula is C15H16N4. The van der Waals surface area contributed by atoms with E-state index in [4.69, 9.17) is 5.26 Å². The summed E-state index contributed by atoms with van der Waals surface area (Å²) in [6, 6.07) is 10.6. The summed E-state index contributed by atoms with van der Waals surface area (Å²) >= 11 is 0. The molecule has 2 aromatic rings. The molecule has 1 aromatic carbocycles. The SMILES string of the molecule is Cc1nnc(N2CCC(C#N)CC2)c2ccccc12. The van der Waals surface area contributed by atoms with E-state index in [-0.39, 0.29) is 5.92 Å². The Hall–Kier alpha value is -2.15. The van der Waals surface area contributed by atoms with Crippen LogP contribution in [0.3, 0.4) is 0 Å². The number of nitriles is 1. The van der Waals surface area contributed by atoms with E-state index in [0.717, 1.165) is 48.2 Å². The summed E-state index contributed by atoms with van der Waals surface area (Å²) in [5, 5.41) is 19.9. The molecule has 0 radical (unpaired) electrons. The van der Waals surface area contributed by atoms with Gasteiger partial charge in [0.2, 0.25) is 0 Å². The average molecular weight is 252 g/mol. The number of rotatable bonds is 1. The molecule has 0 amide bonds. The lowest BCUT2D eigenvalue weighted by Gasteiger charge is -2.30. The number of aryl methyl sites for hydroxylation is 1. The molecule has 4 nitrogen and oxygen atoms in total. The molecule has 1 saturated heterocycles. The smallest absolute Gasteiger partial charge is 0.159 e. The second kappa shape index (κ2) is 4.85. The zero-order valence-electron chi connectivity index (χ0n) is 11.0. The van der Waals surface area contributed by atoms with E-state index in [1.54, 1.807) is 0 Å². The Bertz CT molecular complexity index is 636. The number of hydrogen-bond donors (Lipinski definition) is 0. The zero-order valence-corrected chi connectivity index (χ0v) is 11.0. The van der Waals surface area contributed by atoms with Gasteiger partial charge in [-0.1, -0.05) is 24.3 Å². The molecule has 1 aliphatic rings. The van der Waals surface area contributed by atoms with E-state index in [1.807, 2.05) is 19.1 Å². The van der Waals surface area contributed by atoms with Gasteiger partial charge < -0.3 is 4.90 Å². The van der Waals surface area contributed by atoms with Gasteiger partial charge in [-0.2, -0.15) is 10.4 Å². The molecule has 96 valence electrons. The molecule has 0 unspecified atom stereocenters. The Morgan fingerprint density at radius 1 is 1.16 bits per heavy atom. The summed E-state index contributed by atoms with van der Waals surface area (Å²) in [4.78, 5) is 2.25. The Kier molecular flexibility index (Phi) is 3.04. The van der Waals surface area contributed by atoms with E-state index in [2.05, 4.69) is 33.3 Å². The van der Waals surface area contributed by atoms with Gasteiger partial charge in [0.15, 0.2) is 5.82 Å². The van der Waals surface area contributed by atoms with Crippen LogP contribution in [0.15, 0.2) is 24.3 Å². The molecule has 4 heteroatoms. The lowest BCUT2D eigenvalue weighted by molar-refractivity contribution is 0.485. The summed E-state index contributed by atoms with van der Waals surface area (Å²) in [5.41, 5.74) is 0.964. The molecule has 0 atom stereocenters. The first-order valence-electron chi connectivity index (χ1n) is 6.66. The molecule has 1 aromatic heterocycles. The van der Waals surface area contributed by atoms with Crippen LogP contribution in [0.4, 0.5) is 5.82 Å². The fourth-order valence-electron chi connectivity index (χ4n) is 2.68. The molecule has 3 rings (SSSR count). The lowest BCUT2D eigenvalue weighted by Crippen LogP contribution is -2.34. The Morgan fingerprint density at radius 2 is 1.84 bits per heavy atom. The van der Waals surface area contributed by atoms with E-state index >= 15 is 0 Å². The van der Waals surface area contributed by atoms with Crippen molar-refractivity contribution in [2.24, 2.45) is 5.92 Å². The molecule has 0 aliphatic carbocycles. The van der Waals surface area contributed by atoms with Gasteiger partial charge in [-0.3, -0.25) is 0 Å². The van der Waals surface area contributed by atoms with Gasteiger partial charge in [0.25, 0.3) is 0 Å². The van der Waals surface area contributed by atoms with Crippen molar-refractivity contribution in [1.29, 1.82) is 5.26 Å². The highest BCUT2D eigenvalue weighted by molar-refractivity contribution is 5.93. The minimum absolute atomic E-state index is 0.195. The van der Waals surface area contributed by atoms with Crippen molar-refractivity contribution in [3.05, 3.63) is 30.0 Å². The third kappa shape index (κ3) is 2.12. The quantitative estimate of drug-likeness (QED) is 0.783. The molecule has 1 fully saturated rings. The van der Waals surface area contributed by atoms with Gasteiger partial charge in [-0.15, -0.1) is 5.10 Å². The molecule has 19 heavy (non-hydrogen) atoms. The fraction of sp³-hybridized carbons (Fsp3) is 0.400. The van der Waals surface area contributed by atoms with Gasteiger partial charge in [0.1, 0.15) is 0 Å². The first-order valence-corrected chi connectivity index (χ1v) is 6.66. The maximum absolute atomic E-state index is 8.96. The molecule has 1 aliphatic heterocycles. The van der Waals surface area contributed by atoms with E-state index in [1.165, 1.54) is 0 Å². The summed E-state index contributed by atoms with van der Waals surface area (Å²) in [5.74, 6) is 1.15. The highest BCUT2D eigenvalue weighted by Crippen LogP contribution is 2.28. The normalized spacial score (nSPS) is 16.5. The van der Waals surface area contributed by atoms with Gasteiger partial charge in [-0.25, -0.2) is 0 Å². The topological polar surface area (TPSA) is 52.8 Å². The first-order chi connectivity index (χ1) is 9.29. The second-order valence-corrected chi connectivity index (χ2v) is 5.05. The third-order valence-corrected chi connectivity index (χ3v) is 3.83. The second-order valence-electron chi connectivity index (χ2n) is 5.05. The maximum Gasteiger partial charge on any atom is 0.159 e. The van der Waals surface area contributed by atoms with Crippen molar-refractivity contribution in [3.63, 3.8) is 0 Å². The number of anilines is 1. The number of nitrogens with zero attached hydrogens (tertiary/aromatic N) is 4. The monoisotopic (exact) mass is 252 g/mol. The number of aromatic nitrogens is 2. The van der Waals surface area contributed by atoms with Crippen LogP contribution in [0.1, 0.15) is 18.5 Å². The third-order valence-electron chi connectivity index (χ3n) is 3.83. The lowest BCUT2D eigenvalue weighted by atomic mass is 9.98. The predicted molar refractivity (Wildman–Crippen MR) is 74.8 cm³/mol. The standard InChI is InChI=1S/C15H16N4/c1-11-13-4-2-3-5-14(13)15(18-17-11)19-8-6-12(10-16)7-9-19/h2-5,12H,6-9H2,1H3. The molecule has 0 N–H and O–H groups in total. The van der Waals surface area contributed by atoms with Crippen LogP contribution < -0.4 is 4.90 Å². The number of fused-ring (bicyclic) bond motifs is 1. The zero-order chi connectivity index (χ0) is 13.2. The molecule has 0 saturated carbocycles. The van der Waals surface area contributed by atoms with Gasteiger partial charge in [0, 0.05) is 29.8 Å². The van der Waals surface area contributed by atoms with Crippen LogP contribution in [0.2, 0.25) is 0 Å². The largest absolute Gasteiger partial charge is 0.355 e. The highest BCUT2D eigenvalue weighted by Gasteiger charge is 2.21. The van der Waals surface area contributed by atoms with E-state index in [0.29, 0.717) is 0 Å². The van der Waals surface area contributed by atoms with E-state index < -0.39 is 0 Å². The Labute approximate surface area is 112 Å². The van der Waals surface area contributed by atoms with Crippen LogP contribution in [-0.2, 0) is 0 Å². The van der Waals surface area contributed by atoms with Gasteiger partial charge in [-0.05, 0) is 19.8 Å². The van der Waals surface area contributed by atoms with Crippen molar-refractivity contribution in [2.75, 3.05) is 18.0 Å². The summed E-state index contributed by atoms with van der Waals surface area (Å²) < 4.78 is 0. The summed E-state index contributed by atoms with van der Waals surface area (Å²) in [7, 11) is 0. The maximum atomic E-state index is 8.96. The Morgan fingerprint density at radius 3 is 2.53 bits per heavy atom. The number of piperidine rings is 1. The highest BCUT2D eigenvalue weighted by atomic mass is 15.3. The number of benzene rings is 1. The van der Waals surface area contributed by atoms with Crippen molar-refractivity contribution in [2.45, 2.75) is 19.8 Å². The fourth-order valence-corrected chi connectivity index (χ4v) is 2.68. The molecular weight excluding hydrogens is 236 g/mol. The van der Waals surface area contributed by atoms with Crippen LogP contribution in [0, 0.1) is 24.2 Å². The van der Waals surface area contributed by atoms with Crippen LogP contribution in [-0.4, -0.2) is 23.3 Å². The minimum atomic E-state index is 0.195. The predicted octanol–water partition coefficient (Wildman–Crippen LogP) is 2.68. The average Bonchev–Trinajstić information content (AvgIpc) is 2.48. The van der Waals surface area contributed by atoms with Gasteiger partial charge >= 0.3 is 0 Å². The van der Waals surface area contributed by atoms with Gasteiger partial charge in [0.05, 0.1) is 11.8 Å². The van der Waals surface area contributed by atoms with E-state index in [9.17, 15) is 0 Å². The summed E-state index contributed by atoms with van der Waals surface area (Å²) in [6.45, 7) is 3.76. The minimum Gasteiger partial charge on any atom is -0.355 e. The molecule has 2 heterocycles. The van der Waals surface area contributed by atoms with Crippen molar-refractivity contribution in [1.82, 2.24) is 10.2 Å². The van der Waals surface area contributed by atoms with Crippen molar-refractivity contribution < 1.29 is 0 Å². The van der Waals surface area contributed by atoms with Crippen molar-refractivity contribution in [3.8, 4) is 6.07 Å². The summed E-state index contributed by atoms with van der Waals surface area (Å²) in [6.07, 6.45) is 1.83. The van der Waals surface area contributed by atoms with Crippen LogP contribution >= 0.6 is 0 Å². The Balaban J connectivity index is 1.98. The molecule has 0 spiro atoms. The van der Waals surface area contributed by atoms with Crippen molar-refractivity contribution >= 4 is 16.6 Å².